The minimum absolute atomic E-state index is 0.00174. The van der Waals surface area contributed by atoms with Gasteiger partial charge in [-0.25, -0.2) is 12.7 Å². The average Bonchev–Trinajstić information content (AvgIpc) is 2.15. The standard InChI is InChI=1S/C7H12O.C4H11NO2S/c1-7(2)5-3-4-6-8-7;1-4-5(2)8(3,6)7/h3,5H,4,6H2,1-2H3;4H2,1-3H3. The van der Waals surface area contributed by atoms with Crippen LogP contribution in [0.1, 0.15) is 27.2 Å². The first-order valence-corrected chi connectivity index (χ1v) is 7.27. The van der Waals surface area contributed by atoms with Crippen molar-refractivity contribution in [2.45, 2.75) is 32.8 Å². The number of hydrogen-bond acceptors (Lipinski definition) is 3. The monoisotopic (exact) mass is 249 g/mol. The molecule has 0 spiro atoms. The van der Waals surface area contributed by atoms with Gasteiger partial charge in [-0.15, -0.1) is 0 Å². The summed E-state index contributed by atoms with van der Waals surface area (Å²) in [7, 11) is -1.37. The fraction of sp³-hybridized carbons (Fsp3) is 0.818. The molecule has 0 atom stereocenters. The van der Waals surface area contributed by atoms with Gasteiger partial charge in [0, 0.05) is 13.6 Å². The largest absolute Gasteiger partial charge is 0.371 e. The van der Waals surface area contributed by atoms with Crippen molar-refractivity contribution in [1.82, 2.24) is 4.31 Å². The highest BCUT2D eigenvalue weighted by atomic mass is 32.2. The van der Waals surface area contributed by atoms with Crippen LogP contribution in [0.3, 0.4) is 0 Å². The minimum atomic E-state index is -2.92. The van der Waals surface area contributed by atoms with Gasteiger partial charge in [0.15, 0.2) is 0 Å². The fourth-order valence-electron chi connectivity index (χ4n) is 1.04. The molecule has 0 aromatic heterocycles. The lowest BCUT2D eigenvalue weighted by Crippen LogP contribution is -2.24. The first kappa shape index (κ1) is 15.6. The third kappa shape index (κ3) is 6.98. The summed E-state index contributed by atoms with van der Waals surface area (Å²) in [5, 5.41) is 0. The first-order valence-electron chi connectivity index (χ1n) is 5.42. The van der Waals surface area contributed by atoms with Crippen molar-refractivity contribution in [1.29, 1.82) is 0 Å². The Morgan fingerprint density at radius 3 is 2.12 bits per heavy atom. The molecule has 0 unspecified atom stereocenters. The molecule has 16 heavy (non-hydrogen) atoms. The normalized spacial score (nSPS) is 19.1. The van der Waals surface area contributed by atoms with Gasteiger partial charge in [-0.2, -0.15) is 0 Å². The summed E-state index contributed by atoms with van der Waals surface area (Å²) < 4.78 is 27.6. The van der Waals surface area contributed by atoms with Gasteiger partial charge < -0.3 is 4.74 Å². The zero-order valence-electron chi connectivity index (χ0n) is 10.9. The molecule has 5 heteroatoms. The van der Waals surface area contributed by atoms with E-state index in [1.165, 1.54) is 10.6 Å². The molecule has 0 radical (unpaired) electrons. The van der Waals surface area contributed by atoms with E-state index in [-0.39, 0.29) is 5.60 Å². The van der Waals surface area contributed by atoms with Crippen molar-refractivity contribution in [2.24, 2.45) is 0 Å². The molecule has 1 rings (SSSR count). The molecule has 4 nitrogen and oxygen atoms in total. The third-order valence-corrected chi connectivity index (χ3v) is 3.68. The highest BCUT2D eigenvalue weighted by Crippen LogP contribution is 2.15. The second kappa shape index (κ2) is 6.37. The minimum Gasteiger partial charge on any atom is -0.371 e. The first-order chi connectivity index (χ1) is 7.19. The summed E-state index contributed by atoms with van der Waals surface area (Å²) in [6.07, 6.45) is 6.54. The Kier molecular flexibility index (Phi) is 6.22. The summed E-state index contributed by atoms with van der Waals surface area (Å²) in [5.74, 6) is 0. The highest BCUT2D eigenvalue weighted by Gasteiger charge is 2.15. The molecule has 0 fully saturated rings. The lowest BCUT2D eigenvalue weighted by Gasteiger charge is -2.24. The molecule has 96 valence electrons. The van der Waals surface area contributed by atoms with Crippen LogP contribution in [0, 0.1) is 0 Å². The van der Waals surface area contributed by atoms with E-state index in [9.17, 15) is 8.42 Å². The van der Waals surface area contributed by atoms with Gasteiger partial charge in [0.1, 0.15) is 0 Å². The summed E-state index contributed by atoms with van der Waals surface area (Å²) in [6, 6.07) is 0. The van der Waals surface area contributed by atoms with E-state index in [2.05, 4.69) is 26.0 Å². The Labute approximate surface area is 99.3 Å². The lowest BCUT2D eigenvalue weighted by molar-refractivity contribution is 0.0141. The second-order valence-corrected chi connectivity index (χ2v) is 6.41. The number of nitrogens with zero attached hydrogens (tertiary/aromatic N) is 1. The van der Waals surface area contributed by atoms with Crippen LogP contribution >= 0.6 is 0 Å². The SMILES string of the molecule is CC1(C)C=CCCO1.CCN(C)S(C)(=O)=O. The Morgan fingerprint density at radius 1 is 1.44 bits per heavy atom. The quantitative estimate of drug-likeness (QED) is 0.699. The fourth-order valence-corrected chi connectivity index (χ4v) is 1.51. The van der Waals surface area contributed by atoms with E-state index in [1.54, 1.807) is 14.0 Å². The predicted octanol–water partition coefficient (Wildman–Crippen LogP) is 1.64. The molecule has 0 aromatic carbocycles. The Balaban J connectivity index is 0.000000281. The molecule has 0 N–H and O–H groups in total. The zero-order valence-corrected chi connectivity index (χ0v) is 11.7. The van der Waals surface area contributed by atoms with Gasteiger partial charge in [-0.3, -0.25) is 0 Å². The molecule has 0 saturated carbocycles. The third-order valence-electron chi connectivity index (χ3n) is 2.29. The Bertz CT molecular complexity index is 320. The molecule has 0 amide bonds. The summed E-state index contributed by atoms with van der Waals surface area (Å²) in [5.41, 5.74) is -0.00174. The van der Waals surface area contributed by atoms with Crippen molar-refractivity contribution in [3.8, 4) is 0 Å². The molecule has 0 aromatic rings. The zero-order chi connectivity index (χ0) is 12.8. The lowest BCUT2D eigenvalue weighted by atomic mass is 10.1. The predicted molar refractivity (Wildman–Crippen MR) is 66.9 cm³/mol. The molecule has 0 saturated heterocycles. The van der Waals surface area contributed by atoms with E-state index >= 15 is 0 Å². The second-order valence-electron chi connectivity index (χ2n) is 4.32. The van der Waals surface area contributed by atoms with Crippen molar-refractivity contribution >= 4 is 10.0 Å². The maximum atomic E-state index is 10.5. The van der Waals surface area contributed by atoms with Crippen LogP contribution in [-0.2, 0) is 14.8 Å². The van der Waals surface area contributed by atoms with E-state index in [0.29, 0.717) is 6.54 Å². The maximum absolute atomic E-state index is 10.5. The van der Waals surface area contributed by atoms with Crippen LogP contribution in [0.15, 0.2) is 12.2 Å². The highest BCUT2D eigenvalue weighted by molar-refractivity contribution is 7.88. The number of hydrogen-bond donors (Lipinski definition) is 0. The van der Waals surface area contributed by atoms with Gasteiger partial charge in [0.25, 0.3) is 0 Å². The number of sulfonamides is 1. The van der Waals surface area contributed by atoms with Crippen molar-refractivity contribution < 1.29 is 13.2 Å². The van der Waals surface area contributed by atoms with Crippen LogP contribution in [0.5, 0.6) is 0 Å². The molecule has 0 aliphatic carbocycles. The number of ether oxygens (including phenoxy) is 1. The van der Waals surface area contributed by atoms with Crippen LogP contribution in [0.25, 0.3) is 0 Å². The van der Waals surface area contributed by atoms with Gasteiger partial charge in [0.2, 0.25) is 10.0 Å². The van der Waals surface area contributed by atoms with Gasteiger partial charge in [-0.1, -0.05) is 19.1 Å². The van der Waals surface area contributed by atoms with E-state index in [1.807, 2.05) is 0 Å². The van der Waals surface area contributed by atoms with Crippen molar-refractivity contribution in [3.63, 3.8) is 0 Å². The summed E-state index contributed by atoms with van der Waals surface area (Å²) in [6.45, 7) is 7.36. The summed E-state index contributed by atoms with van der Waals surface area (Å²) >= 11 is 0. The van der Waals surface area contributed by atoms with Crippen molar-refractivity contribution in [2.75, 3.05) is 26.5 Å². The van der Waals surface area contributed by atoms with E-state index < -0.39 is 10.0 Å². The van der Waals surface area contributed by atoms with Crippen LogP contribution in [0.4, 0.5) is 0 Å². The van der Waals surface area contributed by atoms with Crippen molar-refractivity contribution in [3.05, 3.63) is 12.2 Å². The van der Waals surface area contributed by atoms with Crippen LogP contribution in [-0.4, -0.2) is 44.8 Å². The molecule has 0 bridgehead atoms. The van der Waals surface area contributed by atoms with E-state index in [0.717, 1.165) is 13.0 Å². The van der Waals surface area contributed by atoms with E-state index in [4.69, 9.17) is 4.74 Å². The Morgan fingerprint density at radius 2 is 2.00 bits per heavy atom. The average molecular weight is 249 g/mol. The summed E-state index contributed by atoms with van der Waals surface area (Å²) in [4.78, 5) is 0. The molecule has 1 aliphatic rings. The molecular formula is C11H23NO3S. The smallest absolute Gasteiger partial charge is 0.210 e. The Hall–Kier alpha value is -0.390. The van der Waals surface area contributed by atoms with Gasteiger partial charge >= 0.3 is 0 Å². The maximum Gasteiger partial charge on any atom is 0.210 e. The van der Waals surface area contributed by atoms with Crippen LogP contribution < -0.4 is 0 Å². The van der Waals surface area contributed by atoms with Crippen LogP contribution in [0.2, 0.25) is 0 Å². The molecular weight excluding hydrogens is 226 g/mol. The number of rotatable bonds is 2. The topological polar surface area (TPSA) is 46.6 Å². The van der Waals surface area contributed by atoms with Gasteiger partial charge in [0.05, 0.1) is 18.5 Å². The van der Waals surface area contributed by atoms with Gasteiger partial charge in [-0.05, 0) is 20.3 Å². The molecule has 1 heterocycles. The molecule has 1 aliphatic heterocycles.